The number of ether oxygens (including phenoxy) is 1. The minimum Gasteiger partial charge on any atom is -0.494 e. The van der Waals surface area contributed by atoms with Gasteiger partial charge in [0.2, 0.25) is 0 Å². The molecule has 1 fully saturated rings. The second-order valence-corrected chi connectivity index (χ2v) is 10.2. The van der Waals surface area contributed by atoms with Crippen molar-refractivity contribution >= 4 is 10.9 Å². The van der Waals surface area contributed by atoms with Crippen LogP contribution in [0.25, 0.3) is 16.6 Å². The van der Waals surface area contributed by atoms with Gasteiger partial charge in [-0.15, -0.1) is 5.10 Å². The first-order valence-electron chi connectivity index (χ1n) is 13.7. The number of nitrogens with zero attached hydrogens (tertiary/aromatic N) is 9. The van der Waals surface area contributed by atoms with Crippen LogP contribution in [0.3, 0.4) is 0 Å². The van der Waals surface area contributed by atoms with Gasteiger partial charge in [-0.3, -0.25) is 9.88 Å². The first kappa shape index (κ1) is 26.0. The lowest BCUT2D eigenvalue weighted by atomic mass is 9.92. The lowest BCUT2D eigenvalue weighted by molar-refractivity contribution is 0.201. The maximum atomic E-state index is 15.1. The Morgan fingerprint density at radius 3 is 2.60 bits per heavy atom. The first-order chi connectivity index (χ1) is 19.5. The third-order valence-corrected chi connectivity index (χ3v) is 7.48. The zero-order chi connectivity index (χ0) is 27.6. The minimum atomic E-state index is -0.382. The molecule has 10 nitrogen and oxygen atoms in total. The lowest BCUT2D eigenvalue weighted by Crippen LogP contribution is -2.33. The van der Waals surface area contributed by atoms with Crippen LogP contribution < -0.4 is 4.74 Å². The molecule has 1 aromatic carbocycles. The van der Waals surface area contributed by atoms with Crippen molar-refractivity contribution in [1.29, 1.82) is 0 Å². The number of piperidine rings is 1. The third-order valence-electron chi connectivity index (χ3n) is 7.48. The maximum Gasteiger partial charge on any atom is 0.152 e. The largest absolute Gasteiger partial charge is 0.494 e. The van der Waals surface area contributed by atoms with Crippen LogP contribution in [-0.4, -0.2) is 64.6 Å². The highest BCUT2D eigenvalue weighted by molar-refractivity contribution is 5.86. The van der Waals surface area contributed by atoms with Gasteiger partial charge >= 0.3 is 0 Å². The Morgan fingerprint density at radius 1 is 1.00 bits per heavy atom. The number of aromatic nitrogens is 8. The molecule has 206 valence electrons. The summed E-state index contributed by atoms with van der Waals surface area (Å²) < 4.78 is 24.0. The fraction of sp³-hybridized carbons (Fsp3) is 0.379. The molecule has 5 heterocycles. The van der Waals surface area contributed by atoms with Gasteiger partial charge in [0.1, 0.15) is 17.0 Å². The summed E-state index contributed by atoms with van der Waals surface area (Å²) in [7, 11) is 0. The number of fused-ring (bicyclic) bond motifs is 1. The average Bonchev–Trinajstić information content (AvgIpc) is 3.54. The van der Waals surface area contributed by atoms with Crippen molar-refractivity contribution in [2.24, 2.45) is 0 Å². The van der Waals surface area contributed by atoms with E-state index in [1.807, 2.05) is 49.8 Å². The molecule has 5 aromatic rings. The summed E-state index contributed by atoms with van der Waals surface area (Å²) in [6.07, 6.45) is 5.63. The molecular weight excluding hydrogens is 509 g/mol. The predicted molar refractivity (Wildman–Crippen MR) is 148 cm³/mol. The van der Waals surface area contributed by atoms with E-state index < -0.39 is 0 Å². The van der Waals surface area contributed by atoms with Crippen molar-refractivity contribution in [1.82, 2.24) is 44.9 Å². The van der Waals surface area contributed by atoms with Gasteiger partial charge in [-0.25, -0.2) is 13.8 Å². The summed E-state index contributed by atoms with van der Waals surface area (Å²) in [6.45, 7) is 9.39. The highest BCUT2D eigenvalue weighted by Crippen LogP contribution is 2.34. The topological polar surface area (TPSA) is 99.7 Å². The lowest BCUT2D eigenvalue weighted by Gasteiger charge is -2.30. The van der Waals surface area contributed by atoms with Crippen molar-refractivity contribution in [3.05, 3.63) is 83.1 Å². The maximum absolute atomic E-state index is 15.1. The van der Waals surface area contributed by atoms with Crippen LogP contribution in [-0.2, 0) is 13.1 Å². The van der Waals surface area contributed by atoms with Gasteiger partial charge in [-0.05, 0) is 71.0 Å². The summed E-state index contributed by atoms with van der Waals surface area (Å²) in [6, 6.07) is 10.7. The van der Waals surface area contributed by atoms with Gasteiger partial charge in [0, 0.05) is 30.1 Å². The van der Waals surface area contributed by atoms with Gasteiger partial charge in [-0.2, -0.15) is 15.3 Å². The molecule has 0 unspecified atom stereocenters. The summed E-state index contributed by atoms with van der Waals surface area (Å²) in [5, 5.41) is 23.5. The molecule has 0 amide bonds. The molecule has 1 saturated heterocycles. The van der Waals surface area contributed by atoms with Gasteiger partial charge in [0.25, 0.3) is 0 Å². The van der Waals surface area contributed by atoms with Crippen LogP contribution in [0.4, 0.5) is 4.39 Å². The number of pyridine rings is 1. The number of rotatable bonds is 8. The summed E-state index contributed by atoms with van der Waals surface area (Å²) in [5.41, 5.74) is 5.60. The molecule has 1 aliphatic rings. The molecule has 0 atom stereocenters. The Hall–Kier alpha value is -4.25. The van der Waals surface area contributed by atoms with Crippen molar-refractivity contribution in [3.8, 4) is 11.4 Å². The normalized spacial score (nSPS) is 14.7. The standard InChI is InChI=1S/C29H32FN9O/c1-4-40-24-8-9-26(25(30)15-24)39-20(3)27-19(2)32-34-28(29(27)35-39)21-10-13-37(14-11-21)16-23-18-38(36-33-23)17-22-7-5-6-12-31-22/h5-9,12,15,18,21H,4,10-11,13-14,16-17H2,1-3H3. The number of halogens is 1. The quantitative estimate of drug-likeness (QED) is 0.285. The summed E-state index contributed by atoms with van der Waals surface area (Å²) in [4.78, 5) is 6.75. The summed E-state index contributed by atoms with van der Waals surface area (Å²) >= 11 is 0. The van der Waals surface area contributed by atoms with Gasteiger partial charge in [0.15, 0.2) is 5.82 Å². The second kappa shape index (κ2) is 11.1. The van der Waals surface area contributed by atoms with Crippen LogP contribution in [0.2, 0.25) is 0 Å². The van der Waals surface area contributed by atoms with E-state index >= 15 is 4.39 Å². The van der Waals surface area contributed by atoms with E-state index in [-0.39, 0.29) is 11.7 Å². The molecule has 1 aliphatic heterocycles. The van der Waals surface area contributed by atoms with Crippen LogP contribution in [0.5, 0.6) is 5.75 Å². The zero-order valence-corrected chi connectivity index (χ0v) is 23.0. The molecule has 11 heteroatoms. The highest BCUT2D eigenvalue weighted by atomic mass is 19.1. The average molecular weight is 542 g/mol. The molecule has 0 radical (unpaired) electrons. The molecular formula is C29H32FN9O. The van der Waals surface area contributed by atoms with E-state index in [1.165, 1.54) is 6.07 Å². The Kier molecular flexibility index (Phi) is 7.21. The van der Waals surface area contributed by atoms with Crippen molar-refractivity contribution in [2.75, 3.05) is 19.7 Å². The zero-order valence-electron chi connectivity index (χ0n) is 23.0. The molecule has 6 rings (SSSR count). The predicted octanol–water partition coefficient (Wildman–Crippen LogP) is 4.38. The van der Waals surface area contributed by atoms with E-state index in [0.717, 1.165) is 71.8 Å². The molecule has 40 heavy (non-hydrogen) atoms. The Bertz CT molecular complexity index is 1620. The first-order valence-corrected chi connectivity index (χ1v) is 13.7. The fourth-order valence-corrected chi connectivity index (χ4v) is 5.51. The van der Waals surface area contributed by atoms with E-state index in [2.05, 4.69) is 30.4 Å². The number of hydrogen-bond donors (Lipinski definition) is 0. The van der Waals surface area contributed by atoms with E-state index in [0.29, 0.717) is 24.6 Å². The molecule has 4 aromatic heterocycles. The smallest absolute Gasteiger partial charge is 0.152 e. The van der Waals surface area contributed by atoms with E-state index in [1.54, 1.807) is 23.0 Å². The highest BCUT2D eigenvalue weighted by Gasteiger charge is 2.27. The SMILES string of the molecule is CCOc1ccc(-n2nc3c(C4CCN(Cc5cn(Cc6ccccn6)nn5)CC4)nnc(C)c3c2C)c(F)c1. The minimum absolute atomic E-state index is 0.222. The number of aryl methyl sites for hydroxylation is 2. The monoisotopic (exact) mass is 541 g/mol. The number of benzene rings is 1. The number of hydrogen-bond acceptors (Lipinski definition) is 8. The summed E-state index contributed by atoms with van der Waals surface area (Å²) in [5.74, 6) is 0.340. The van der Waals surface area contributed by atoms with Crippen molar-refractivity contribution < 1.29 is 9.13 Å². The van der Waals surface area contributed by atoms with Crippen LogP contribution in [0.15, 0.2) is 48.8 Å². The fourth-order valence-electron chi connectivity index (χ4n) is 5.51. The van der Waals surface area contributed by atoms with Crippen LogP contribution in [0, 0.1) is 19.7 Å². The van der Waals surface area contributed by atoms with Gasteiger partial charge in [-0.1, -0.05) is 11.3 Å². The molecule has 0 aliphatic carbocycles. The van der Waals surface area contributed by atoms with Crippen LogP contribution in [0.1, 0.15) is 54.2 Å². The Balaban J connectivity index is 1.17. The van der Waals surface area contributed by atoms with E-state index in [9.17, 15) is 0 Å². The Labute approximate surface area is 231 Å². The van der Waals surface area contributed by atoms with E-state index in [4.69, 9.17) is 9.84 Å². The number of likely N-dealkylation sites (tertiary alicyclic amines) is 1. The van der Waals surface area contributed by atoms with Crippen LogP contribution >= 0.6 is 0 Å². The molecule has 0 bridgehead atoms. The molecule has 0 spiro atoms. The third kappa shape index (κ3) is 5.16. The Morgan fingerprint density at radius 2 is 1.85 bits per heavy atom. The molecule has 0 saturated carbocycles. The molecule has 0 N–H and O–H groups in total. The second-order valence-electron chi connectivity index (χ2n) is 10.2. The van der Waals surface area contributed by atoms with Gasteiger partial charge in [0.05, 0.1) is 47.8 Å². The van der Waals surface area contributed by atoms with Gasteiger partial charge < -0.3 is 4.74 Å². The van der Waals surface area contributed by atoms with Crippen molar-refractivity contribution in [2.45, 2.75) is 52.6 Å². The van der Waals surface area contributed by atoms with Crippen molar-refractivity contribution in [3.63, 3.8) is 0 Å².